The molecule has 0 radical (unpaired) electrons. The van der Waals surface area contributed by atoms with Gasteiger partial charge in [0.2, 0.25) is 5.91 Å². The van der Waals surface area contributed by atoms with Crippen molar-refractivity contribution in [2.24, 2.45) is 40.4 Å². The molecule has 8 heteroatoms. The molecule has 0 aromatic heterocycles. The van der Waals surface area contributed by atoms with E-state index in [2.05, 4.69) is 38.1 Å². The Hall–Kier alpha value is -1.40. The number of nitrogens with one attached hydrogen (secondary N) is 1. The summed E-state index contributed by atoms with van der Waals surface area (Å²) in [7, 11) is -4.42. The molecule has 4 rings (SSSR count). The lowest BCUT2D eigenvalue weighted by Crippen LogP contribution is -2.51. The van der Waals surface area contributed by atoms with E-state index >= 15 is 0 Å². The Morgan fingerprint density at radius 1 is 1.24 bits per heavy atom. The lowest BCUT2D eigenvalue weighted by atomic mass is 9.47. The van der Waals surface area contributed by atoms with Crippen molar-refractivity contribution in [2.45, 2.75) is 91.1 Å². The maximum atomic E-state index is 12.3. The summed E-state index contributed by atoms with van der Waals surface area (Å²) in [6.45, 7) is 8.45. The predicted molar refractivity (Wildman–Crippen MR) is 143 cm³/mol. The van der Waals surface area contributed by atoms with Crippen molar-refractivity contribution in [1.82, 2.24) is 5.32 Å². The van der Waals surface area contributed by atoms with Gasteiger partial charge in [0.05, 0.1) is 12.7 Å². The highest BCUT2D eigenvalue weighted by Crippen LogP contribution is 2.67. The van der Waals surface area contributed by atoms with E-state index in [1.165, 1.54) is 31.3 Å². The minimum Gasteiger partial charge on any atom is -0.367 e. The molecule has 3 saturated carbocycles. The number of carbonyl (C=O) groups excluding carboxylic acids is 1. The summed E-state index contributed by atoms with van der Waals surface area (Å²) in [6.07, 6.45) is 16.7. The minimum absolute atomic E-state index is 0.0889. The van der Waals surface area contributed by atoms with Gasteiger partial charge in [-0.05, 0) is 98.2 Å². The zero-order valence-electron chi connectivity index (χ0n) is 22.7. The second kappa shape index (κ2) is 11.4. The molecule has 208 valence electrons. The Morgan fingerprint density at radius 3 is 2.76 bits per heavy atom. The summed E-state index contributed by atoms with van der Waals surface area (Å²) in [5.41, 5.74) is 1.73. The van der Waals surface area contributed by atoms with Gasteiger partial charge in [-0.2, -0.15) is 8.42 Å². The van der Waals surface area contributed by atoms with Crippen molar-refractivity contribution in [1.29, 1.82) is 0 Å². The molecule has 3 fully saturated rings. The Kier molecular flexibility index (Phi) is 8.79. The third-order valence-corrected chi connectivity index (χ3v) is 11.2. The van der Waals surface area contributed by atoms with Crippen LogP contribution in [-0.4, -0.2) is 44.7 Å². The van der Waals surface area contributed by atoms with E-state index in [1.807, 2.05) is 0 Å². The van der Waals surface area contributed by atoms with Gasteiger partial charge in [0.25, 0.3) is 0 Å². The average Bonchev–Trinajstić information content (AvgIpc) is 3.19. The zero-order chi connectivity index (χ0) is 26.8. The Bertz CT molecular complexity index is 1020. The van der Waals surface area contributed by atoms with Crippen molar-refractivity contribution in [3.05, 3.63) is 11.6 Å². The van der Waals surface area contributed by atoms with Crippen LogP contribution in [-0.2, 0) is 24.1 Å². The van der Waals surface area contributed by atoms with Gasteiger partial charge in [-0.25, -0.2) is 4.18 Å². The van der Waals surface area contributed by atoms with Crippen LogP contribution in [0.1, 0.15) is 85.0 Å². The molecule has 0 aromatic carbocycles. The molecule has 2 N–H and O–H groups in total. The molecule has 0 aromatic rings. The highest BCUT2D eigenvalue weighted by molar-refractivity contribution is 7.80. The standard InChI is InChI=1S/C29H45NO6S/c1-5-17-35-18-16-30-27(31)11-6-20(2)24-9-10-25-23-8-7-21-19-22(36-37(32,33)34)12-14-28(21,3)26(23)13-15-29(24,25)4/h1,7,20,22-26H,6,8-19H2,2-4H3,(H,30,31)(H,32,33,34)/t20-,22+,23+,24-,25+,26+,28+,29-/m1/s1. The van der Waals surface area contributed by atoms with Crippen LogP contribution in [0.5, 0.6) is 0 Å². The van der Waals surface area contributed by atoms with Gasteiger partial charge in [0.1, 0.15) is 6.61 Å². The number of terminal acetylenes is 1. The Morgan fingerprint density at radius 2 is 2.03 bits per heavy atom. The van der Waals surface area contributed by atoms with E-state index in [0.29, 0.717) is 67.4 Å². The number of amides is 1. The van der Waals surface area contributed by atoms with Crippen LogP contribution in [0.2, 0.25) is 0 Å². The maximum Gasteiger partial charge on any atom is 0.397 e. The summed E-state index contributed by atoms with van der Waals surface area (Å²) in [4.78, 5) is 12.3. The predicted octanol–water partition coefficient (Wildman–Crippen LogP) is 4.94. The van der Waals surface area contributed by atoms with Crippen molar-refractivity contribution < 1.29 is 26.7 Å². The monoisotopic (exact) mass is 535 g/mol. The average molecular weight is 536 g/mol. The third kappa shape index (κ3) is 6.11. The van der Waals surface area contributed by atoms with Crippen LogP contribution >= 0.6 is 0 Å². The van der Waals surface area contributed by atoms with Crippen LogP contribution in [0.15, 0.2) is 11.6 Å². The number of fused-ring (bicyclic) bond motifs is 5. The molecule has 0 aliphatic heterocycles. The van der Waals surface area contributed by atoms with E-state index in [4.69, 9.17) is 19.9 Å². The van der Waals surface area contributed by atoms with E-state index in [0.717, 1.165) is 19.3 Å². The fourth-order valence-corrected chi connectivity index (χ4v) is 9.41. The van der Waals surface area contributed by atoms with Gasteiger partial charge in [-0.1, -0.05) is 38.3 Å². The number of allylic oxidation sites excluding steroid dienone is 1. The first-order valence-corrected chi connectivity index (χ1v) is 15.5. The van der Waals surface area contributed by atoms with Crippen LogP contribution in [0.25, 0.3) is 0 Å². The van der Waals surface area contributed by atoms with Crippen molar-refractivity contribution in [3.8, 4) is 12.3 Å². The van der Waals surface area contributed by atoms with E-state index in [1.54, 1.807) is 0 Å². The highest BCUT2D eigenvalue weighted by atomic mass is 32.3. The SMILES string of the molecule is C#CCOCCNC(=O)CC[C@@H](C)[C@H]1CC[C@H]2[C@@H]3CC=C4C[C@@H](OS(=O)(=O)O)CC[C@]4(C)[C@H]3CC[C@]12C. The van der Waals surface area contributed by atoms with Crippen LogP contribution in [0, 0.1) is 52.8 Å². The van der Waals surface area contributed by atoms with E-state index < -0.39 is 16.5 Å². The van der Waals surface area contributed by atoms with Gasteiger partial charge < -0.3 is 10.1 Å². The lowest BCUT2D eigenvalue weighted by Gasteiger charge is -2.58. The third-order valence-electron chi connectivity index (χ3n) is 10.7. The first-order chi connectivity index (χ1) is 17.5. The van der Waals surface area contributed by atoms with Crippen LogP contribution in [0.3, 0.4) is 0 Å². The molecule has 4 aliphatic carbocycles. The highest BCUT2D eigenvalue weighted by Gasteiger charge is 2.59. The zero-order valence-corrected chi connectivity index (χ0v) is 23.5. The second-order valence-electron chi connectivity index (χ2n) is 12.5. The van der Waals surface area contributed by atoms with E-state index in [-0.39, 0.29) is 17.9 Å². The molecule has 0 heterocycles. The molecular weight excluding hydrogens is 490 g/mol. The fraction of sp³-hybridized carbons (Fsp3) is 0.828. The normalized spacial score (nSPS) is 37.9. The van der Waals surface area contributed by atoms with Gasteiger partial charge in [0, 0.05) is 13.0 Å². The van der Waals surface area contributed by atoms with Gasteiger partial charge in [-0.3, -0.25) is 9.35 Å². The van der Waals surface area contributed by atoms with Gasteiger partial charge >= 0.3 is 10.4 Å². The molecule has 7 nitrogen and oxygen atoms in total. The van der Waals surface area contributed by atoms with E-state index in [9.17, 15) is 13.2 Å². The number of ether oxygens (including phenoxy) is 1. The van der Waals surface area contributed by atoms with Crippen molar-refractivity contribution in [2.75, 3.05) is 19.8 Å². The molecule has 1 amide bonds. The molecule has 4 aliphatic rings. The van der Waals surface area contributed by atoms with Gasteiger partial charge in [0.15, 0.2) is 0 Å². The largest absolute Gasteiger partial charge is 0.397 e. The quantitative estimate of drug-likeness (QED) is 0.178. The summed E-state index contributed by atoms with van der Waals surface area (Å²) in [6, 6.07) is 0. The topological polar surface area (TPSA) is 102 Å². The molecular formula is C29H45NO6S. The van der Waals surface area contributed by atoms with Crippen molar-refractivity contribution in [3.63, 3.8) is 0 Å². The number of rotatable bonds is 10. The van der Waals surface area contributed by atoms with Gasteiger partial charge in [-0.15, -0.1) is 6.42 Å². The molecule has 0 saturated heterocycles. The first kappa shape index (κ1) is 28.6. The molecule has 0 spiro atoms. The maximum absolute atomic E-state index is 12.3. The van der Waals surface area contributed by atoms with Crippen LogP contribution in [0.4, 0.5) is 0 Å². The smallest absolute Gasteiger partial charge is 0.367 e. The van der Waals surface area contributed by atoms with Crippen LogP contribution < -0.4 is 5.32 Å². The number of carbonyl (C=O) groups is 1. The molecule has 37 heavy (non-hydrogen) atoms. The second-order valence-corrected chi connectivity index (χ2v) is 13.5. The summed E-state index contributed by atoms with van der Waals surface area (Å²) >= 11 is 0. The molecule has 0 unspecified atom stereocenters. The lowest BCUT2D eigenvalue weighted by molar-refractivity contribution is -0.121. The molecule has 8 atom stereocenters. The summed E-state index contributed by atoms with van der Waals surface area (Å²) in [5, 5.41) is 2.94. The number of hydrogen-bond acceptors (Lipinski definition) is 5. The summed E-state index contributed by atoms with van der Waals surface area (Å²) < 4.78 is 41.9. The fourth-order valence-electron chi connectivity index (χ4n) is 8.90. The number of hydrogen-bond donors (Lipinski definition) is 2. The molecule has 0 bridgehead atoms. The minimum atomic E-state index is -4.42. The Labute approximate surface area is 223 Å². The van der Waals surface area contributed by atoms with Crippen molar-refractivity contribution >= 4 is 16.3 Å². The first-order valence-electron chi connectivity index (χ1n) is 14.1. The Balaban J connectivity index is 1.35. The summed E-state index contributed by atoms with van der Waals surface area (Å²) in [5.74, 6) is 5.64.